The van der Waals surface area contributed by atoms with Crippen molar-refractivity contribution < 1.29 is 9.52 Å². The predicted octanol–water partition coefficient (Wildman–Crippen LogP) is 1.72. The SMILES string of the molecule is Nc1cc2cc(O)ccc2o1. The number of phenolic OH excluding ortho intramolecular Hbond substituents is 1. The van der Waals surface area contributed by atoms with Gasteiger partial charge in [0.2, 0.25) is 0 Å². The van der Waals surface area contributed by atoms with Crippen molar-refractivity contribution in [3.63, 3.8) is 0 Å². The second-order valence-electron chi connectivity index (χ2n) is 2.37. The van der Waals surface area contributed by atoms with E-state index in [-0.39, 0.29) is 5.75 Å². The Morgan fingerprint density at radius 2 is 2.09 bits per heavy atom. The number of benzene rings is 1. The summed E-state index contributed by atoms with van der Waals surface area (Å²) in [6.07, 6.45) is 0. The number of phenols is 1. The molecule has 3 nitrogen and oxygen atoms in total. The number of fused-ring (bicyclic) bond motifs is 1. The lowest BCUT2D eigenvalue weighted by atomic mass is 10.2. The fraction of sp³-hybridized carbons (Fsp3) is 0. The lowest BCUT2D eigenvalue weighted by Crippen LogP contribution is -1.75. The van der Waals surface area contributed by atoms with E-state index in [1.54, 1.807) is 24.3 Å². The fourth-order valence-electron chi connectivity index (χ4n) is 1.05. The average molecular weight is 149 g/mol. The molecule has 0 aliphatic rings. The van der Waals surface area contributed by atoms with E-state index in [2.05, 4.69) is 0 Å². The van der Waals surface area contributed by atoms with Gasteiger partial charge >= 0.3 is 0 Å². The summed E-state index contributed by atoms with van der Waals surface area (Å²) >= 11 is 0. The van der Waals surface area contributed by atoms with Crippen LogP contribution in [0.5, 0.6) is 5.75 Å². The number of nitrogens with two attached hydrogens (primary N) is 1. The molecule has 0 radical (unpaired) electrons. The van der Waals surface area contributed by atoms with Gasteiger partial charge in [0.25, 0.3) is 0 Å². The smallest absolute Gasteiger partial charge is 0.191 e. The molecular formula is C8H7NO2. The van der Waals surface area contributed by atoms with Crippen molar-refractivity contribution in [1.82, 2.24) is 0 Å². The Kier molecular flexibility index (Phi) is 1.06. The normalized spacial score (nSPS) is 10.5. The van der Waals surface area contributed by atoms with E-state index in [1.165, 1.54) is 0 Å². The van der Waals surface area contributed by atoms with Crippen LogP contribution in [0.1, 0.15) is 0 Å². The largest absolute Gasteiger partial charge is 0.508 e. The van der Waals surface area contributed by atoms with Crippen LogP contribution in [0.4, 0.5) is 5.88 Å². The van der Waals surface area contributed by atoms with Crippen molar-refractivity contribution in [2.24, 2.45) is 0 Å². The molecule has 0 atom stereocenters. The van der Waals surface area contributed by atoms with Crippen LogP contribution < -0.4 is 5.73 Å². The summed E-state index contributed by atoms with van der Waals surface area (Å²) in [5.74, 6) is 0.587. The Labute approximate surface area is 63.0 Å². The maximum Gasteiger partial charge on any atom is 0.191 e. The summed E-state index contributed by atoms with van der Waals surface area (Å²) < 4.78 is 5.09. The Morgan fingerprint density at radius 3 is 2.91 bits per heavy atom. The minimum Gasteiger partial charge on any atom is -0.508 e. The third-order valence-corrected chi connectivity index (χ3v) is 1.52. The summed E-state index contributed by atoms with van der Waals surface area (Å²) in [6.45, 7) is 0. The van der Waals surface area contributed by atoms with Gasteiger partial charge in [-0.1, -0.05) is 0 Å². The van der Waals surface area contributed by atoms with Crippen LogP contribution in [-0.2, 0) is 0 Å². The van der Waals surface area contributed by atoms with Gasteiger partial charge in [0.1, 0.15) is 11.3 Å². The number of rotatable bonds is 0. The summed E-state index contributed by atoms with van der Waals surface area (Å²) in [4.78, 5) is 0. The van der Waals surface area contributed by atoms with Crippen molar-refractivity contribution in [2.75, 3.05) is 5.73 Å². The van der Waals surface area contributed by atoms with Crippen molar-refractivity contribution in [3.05, 3.63) is 24.3 Å². The maximum atomic E-state index is 9.06. The van der Waals surface area contributed by atoms with Gasteiger partial charge in [-0.15, -0.1) is 0 Å². The van der Waals surface area contributed by atoms with E-state index in [9.17, 15) is 0 Å². The molecule has 0 spiro atoms. The molecule has 1 aromatic carbocycles. The van der Waals surface area contributed by atoms with Gasteiger partial charge in [-0.2, -0.15) is 0 Å². The predicted molar refractivity (Wildman–Crippen MR) is 42.3 cm³/mol. The van der Waals surface area contributed by atoms with Crippen LogP contribution in [0.25, 0.3) is 11.0 Å². The summed E-state index contributed by atoms with van der Waals surface area (Å²) in [5.41, 5.74) is 6.09. The molecule has 0 fully saturated rings. The highest BCUT2D eigenvalue weighted by Crippen LogP contribution is 2.24. The minimum absolute atomic E-state index is 0.221. The van der Waals surface area contributed by atoms with Crippen LogP contribution in [0, 0.1) is 0 Å². The van der Waals surface area contributed by atoms with E-state index in [4.69, 9.17) is 15.3 Å². The van der Waals surface area contributed by atoms with Gasteiger partial charge in [-0.25, -0.2) is 0 Å². The standard InChI is InChI=1S/C8H7NO2/c9-8-4-5-3-6(10)1-2-7(5)11-8/h1-4,10H,9H2. The van der Waals surface area contributed by atoms with Gasteiger partial charge in [0.05, 0.1) is 0 Å². The van der Waals surface area contributed by atoms with Crippen LogP contribution in [0.3, 0.4) is 0 Å². The third-order valence-electron chi connectivity index (χ3n) is 1.52. The number of hydrogen-bond donors (Lipinski definition) is 2. The molecule has 0 amide bonds. The lowest BCUT2D eigenvalue weighted by molar-refractivity contribution is 0.476. The highest BCUT2D eigenvalue weighted by molar-refractivity contribution is 5.81. The number of anilines is 1. The van der Waals surface area contributed by atoms with E-state index in [0.717, 1.165) is 5.39 Å². The molecule has 0 saturated heterocycles. The van der Waals surface area contributed by atoms with Crippen molar-refractivity contribution in [3.8, 4) is 5.75 Å². The summed E-state index contributed by atoms with van der Waals surface area (Å²) in [5, 5.41) is 9.88. The first-order chi connectivity index (χ1) is 5.25. The summed E-state index contributed by atoms with van der Waals surface area (Å²) in [7, 11) is 0. The first-order valence-electron chi connectivity index (χ1n) is 3.24. The molecule has 1 heterocycles. The number of hydrogen-bond acceptors (Lipinski definition) is 3. The molecule has 1 aromatic heterocycles. The second-order valence-corrected chi connectivity index (χ2v) is 2.37. The minimum atomic E-state index is 0.221. The van der Waals surface area contributed by atoms with Gasteiger partial charge in [-0.3, -0.25) is 0 Å². The van der Waals surface area contributed by atoms with Gasteiger partial charge in [0, 0.05) is 11.5 Å². The third kappa shape index (κ3) is 0.902. The molecule has 56 valence electrons. The molecule has 2 aromatic rings. The molecule has 0 unspecified atom stereocenters. The fourth-order valence-corrected chi connectivity index (χ4v) is 1.05. The molecule has 2 rings (SSSR count). The number of aromatic hydroxyl groups is 1. The van der Waals surface area contributed by atoms with E-state index < -0.39 is 0 Å². The molecule has 0 bridgehead atoms. The topological polar surface area (TPSA) is 59.4 Å². The molecule has 11 heavy (non-hydrogen) atoms. The highest BCUT2D eigenvalue weighted by atomic mass is 16.3. The zero-order chi connectivity index (χ0) is 7.84. The first-order valence-corrected chi connectivity index (χ1v) is 3.24. The van der Waals surface area contributed by atoms with Crippen LogP contribution in [0.2, 0.25) is 0 Å². The zero-order valence-corrected chi connectivity index (χ0v) is 5.74. The number of nitrogen functional groups attached to an aromatic ring is 1. The average Bonchev–Trinajstić information content (AvgIpc) is 2.27. The molecule has 0 saturated carbocycles. The summed E-state index contributed by atoms with van der Waals surface area (Å²) in [6, 6.07) is 6.52. The molecule has 0 aliphatic carbocycles. The molecular weight excluding hydrogens is 142 g/mol. The van der Waals surface area contributed by atoms with Crippen molar-refractivity contribution in [1.29, 1.82) is 0 Å². The van der Waals surface area contributed by atoms with Crippen molar-refractivity contribution in [2.45, 2.75) is 0 Å². The van der Waals surface area contributed by atoms with E-state index >= 15 is 0 Å². The maximum absolute atomic E-state index is 9.06. The van der Waals surface area contributed by atoms with Gasteiger partial charge in [0.15, 0.2) is 5.88 Å². The quantitative estimate of drug-likeness (QED) is 0.599. The van der Waals surface area contributed by atoms with Crippen LogP contribution in [0.15, 0.2) is 28.7 Å². The lowest BCUT2D eigenvalue weighted by Gasteiger charge is -1.88. The Bertz CT molecular complexity index is 392. The molecule has 0 aliphatic heterocycles. The highest BCUT2D eigenvalue weighted by Gasteiger charge is 1.99. The van der Waals surface area contributed by atoms with Gasteiger partial charge < -0.3 is 15.3 Å². The first kappa shape index (κ1) is 6.09. The molecule has 3 heteroatoms. The van der Waals surface area contributed by atoms with Crippen LogP contribution in [-0.4, -0.2) is 5.11 Å². The van der Waals surface area contributed by atoms with E-state index in [0.29, 0.717) is 11.5 Å². The monoisotopic (exact) mass is 149 g/mol. The van der Waals surface area contributed by atoms with Gasteiger partial charge in [-0.05, 0) is 18.2 Å². The Balaban J connectivity index is 2.82. The second kappa shape index (κ2) is 1.92. The number of furan rings is 1. The Morgan fingerprint density at radius 1 is 1.27 bits per heavy atom. The van der Waals surface area contributed by atoms with Crippen molar-refractivity contribution >= 4 is 16.9 Å². The zero-order valence-electron chi connectivity index (χ0n) is 5.74. The van der Waals surface area contributed by atoms with Crippen LogP contribution >= 0.6 is 0 Å². The molecule has 3 N–H and O–H groups in total. The Hall–Kier alpha value is -1.64. The van der Waals surface area contributed by atoms with E-state index in [1.807, 2.05) is 0 Å².